The molecule has 0 radical (unpaired) electrons. The van der Waals surface area contributed by atoms with E-state index in [0.29, 0.717) is 12.3 Å². The normalized spacial score (nSPS) is 10.6. The van der Waals surface area contributed by atoms with Gasteiger partial charge in [-0.05, 0) is 30.2 Å². The molecule has 0 heterocycles. The fraction of sp³-hybridized carbons (Fsp3) is 0.357. The monoisotopic (exact) mass is 249 g/mol. The SMILES string of the molecule is CCCCNC(=O)C=Cc1ccc(OC)c(O)c1. The van der Waals surface area contributed by atoms with Gasteiger partial charge in [0, 0.05) is 12.6 Å². The van der Waals surface area contributed by atoms with E-state index in [4.69, 9.17) is 4.74 Å². The second-order valence-corrected chi connectivity index (χ2v) is 3.91. The number of rotatable bonds is 6. The molecule has 0 spiro atoms. The number of hydrogen-bond acceptors (Lipinski definition) is 3. The molecule has 1 amide bonds. The first-order valence-electron chi connectivity index (χ1n) is 6.00. The maximum absolute atomic E-state index is 11.4. The number of methoxy groups -OCH3 is 1. The summed E-state index contributed by atoms with van der Waals surface area (Å²) in [4.78, 5) is 11.4. The maximum Gasteiger partial charge on any atom is 0.243 e. The Labute approximate surface area is 107 Å². The molecule has 98 valence electrons. The van der Waals surface area contributed by atoms with E-state index >= 15 is 0 Å². The van der Waals surface area contributed by atoms with Gasteiger partial charge in [0.25, 0.3) is 0 Å². The molecule has 0 saturated heterocycles. The van der Waals surface area contributed by atoms with Crippen LogP contribution >= 0.6 is 0 Å². The first kappa shape index (κ1) is 14.1. The van der Waals surface area contributed by atoms with Crippen molar-refractivity contribution in [3.05, 3.63) is 29.8 Å². The second kappa shape index (κ2) is 7.37. The van der Waals surface area contributed by atoms with Crippen molar-refractivity contribution in [1.82, 2.24) is 5.32 Å². The van der Waals surface area contributed by atoms with Gasteiger partial charge in [-0.15, -0.1) is 0 Å². The average Bonchev–Trinajstić information content (AvgIpc) is 2.37. The predicted molar refractivity (Wildman–Crippen MR) is 71.6 cm³/mol. The molecule has 4 nitrogen and oxygen atoms in total. The van der Waals surface area contributed by atoms with Gasteiger partial charge in [0.2, 0.25) is 5.91 Å². The highest BCUT2D eigenvalue weighted by Gasteiger charge is 2.00. The van der Waals surface area contributed by atoms with Crippen molar-refractivity contribution in [2.75, 3.05) is 13.7 Å². The summed E-state index contributed by atoms with van der Waals surface area (Å²) in [5.41, 5.74) is 0.749. The smallest absolute Gasteiger partial charge is 0.243 e. The topological polar surface area (TPSA) is 58.6 Å². The third-order valence-corrected chi connectivity index (χ3v) is 2.46. The molecule has 1 aromatic carbocycles. The Kier molecular flexibility index (Phi) is 5.77. The van der Waals surface area contributed by atoms with Crippen LogP contribution in [0.2, 0.25) is 0 Å². The highest BCUT2D eigenvalue weighted by Crippen LogP contribution is 2.26. The molecule has 0 fully saturated rings. The molecule has 4 heteroatoms. The van der Waals surface area contributed by atoms with E-state index in [1.165, 1.54) is 13.2 Å². The van der Waals surface area contributed by atoms with Crippen LogP contribution in [-0.2, 0) is 4.79 Å². The zero-order valence-corrected chi connectivity index (χ0v) is 10.8. The van der Waals surface area contributed by atoms with Crippen LogP contribution < -0.4 is 10.1 Å². The molecule has 18 heavy (non-hydrogen) atoms. The summed E-state index contributed by atoms with van der Waals surface area (Å²) >= 11 is 0. The number of carbonyl (C=O) groups is 1. The minimum Gasteiger partial charge on any atom is -0.504 e. The van der Waals surface area contributed by atoms with Gasteiger partial charge in [0.15, 0.2) is 11.5 Å². The number of aromatic hydroxyl groups is 1. The maximum atomic E-state index is 11.4. The van der Waals surface area contributed by atoms with Crippen LogP contribution in [0.4, 0.5) is 0 Å². The van der Waals surface area contributed by atoms with Crippen molar-refractivity contribution in [2.45, 2.75) is 19.8 Å². The molecule has 0 aliphatic heterocycles. The van der Waals surface area contributed by atoms with Crippen LogP contribution in [0.15, 0.2) is 24.3 Å². The van der Waals surface area contributed by atoms with Gasteiger partial charge in [0.05, 0.1) is 7.11 Å². The van der Waals surface area contributed by atoms with Gasteiger partial charge in [0.1, 0.15) is 0 Å². The number of phenolic OH excluding ortho intramolecular Hbond substituents is 1. The van der Waals surface area contributed by atoms with Gasteiger partial charge < -0.3 is 15.2 Å². The molecule has 1 rings (SSSR count). The molecule has 1 aromatic rings. The summed E-state index contributed by atoms with van der Waals surface area (Å²) in [5.74, 6) is 0.351. The summed E-state index contributed by atoms with van der Waals surface area (Å²) in [7, 11) is 1.49. The fourth-order valence-corrected chi connectivity index (χ4v) is 1.43. The van der Waals surface area contributed by atoms with Crippen molar-refractivity contribution >= 4 is 12.0 Å². The van der Waals surface area contributed by atoms with Gasteiger partial charge >= 0.3 is 0 Å². The van der Waals surface area contributed by atoms with E-state index in [2.05, 4.69) is 12.2 Å². The fourth-order valence-electron chi connectivity index (χ4n) is 1.43. The van der Waals surface area contributed by atoms with E-state index in [1.807, 2.05) is 0 Å². The Bertz CT molecular complexity index is 427. The third-order valence-electron chi connectivity index (χ3n) is 2.46. The number of carbonyl (C=O) groups excluding carboxylic acids is 1. The Hall–Kier alpha value is -1.97. The molecule has 0 aromatic heterocycles. The average molecular weight is 249 g/mol. The second-order valence-electron chi connectivity index (χ2n) is 3.91. The molecule has 0 bridgehead atoms. The van der Waals surface area contributed by atoms with Crippen LogP contribution in [-0.4, -0.2) is 24.7 Å². The number of phenols is 1. The largest absolute Gasteiger partial charge is 0.504 e. The van der Waals surface area contributed by atoms with E-state index < -0.39 is 0 Å². The first-order valence-corrected chi connectivity index (χ1v) is 6.00. The summed E-state index contributed by atoms with van der Waals surface area (Å²) in [6.07, 6.45) is 5.14. The third kappa shape index (κ3) is 4.49. The lowest BCUT2D eigenvalue weighted by atomic mass is 10.2. The zero-order valence-electron chi connectivity index (χ0n) is 10.8. The summed E-state index contributed by atoms with van der Waals surface area (Å²) in [5, 5.41) is 12.3. The quantitative estimate of drug-likeness (QED) is 0.601. The van der Waals surface area contributed by atoms with Crippen molar-refractivity contribution in [3.63, 3.8) is 0 Å². The molecular weight excluding hydrogens is 230 g/mol. The Morgan fingerprint density at radius 2 is 2.28 bits per heavy atom. The molecule has 0 aliphatic rings. The number of hydrogen-bond donors (Lipinski definition) is 2. The first-order chi connectivity index (χ1) is 8.67. The lowest BCUT2D eigenvalue weighted by molar-refractivity contribution is -0.116. The van der Waals surface area contributed by atoms with E-state index in [9.17, 15) is 9.90 Å². The molecule has 0 atom stereocenters. The van der Waals surface area contributed by atoms with Gasteiger partial charge in [-0.2, -0.15) is 0 Å². The number of ether oxygens (including phenoxy) is 1. The molecular formula is C14H19NO3. The van der Waals surface area contributed by atoms with Crippen LogP contribution in [0.5, 0.6) is 11.5 Å². The lowest BCUT2D eigenvalue weighted by Gasteiger charge is -2.03. The van der Waals surface area contributed by atoms with Crippen LogP contribution in [0, 0.1) is 0 Å². The zero-order chi connectivity index (χ0) is 13.4. The highest BCUT2D eigenvalue weighted by molar-refractivity contribution is 5.91. The summed E-state index contributed by atoms with van der Waals surface area (Å²) in [6, 6.07) is 4.98. The van der Waals surface area contributed by atoms with Gasteiger partial charge in [-0.25, -0.2) is 0 Å². The van der Waals surface area contributed by atoms with Crippen LogP contribution in [0.25, 0.3) is 6.08 Å². The van der Waals surface area contributed by atoms with Crippen molar-refractivity contribution in [1.29, 1.82) is 0 Å². The van der Waals surface area contributed by atoms with Crippen molar-refractivity contribution < 1.29 is 14.6 Å². The number of benzene rings is 1. The Morgan fingerprint density at radius 3 is 2.89 bits per heavy atom. The minimum atomic E-state index is -0.126. The molecule has 0 saturated carbocycles. The Morgan fingerprint density at radius 1 is 1.50 bits per heavy atom. The van der Waals surface area contributed by atoms with Crippen molar-refractivity contribution in [2.24, 2.45) is 0 Å². The van der Waals surface area contributed by atoms with E-state index in [1.54, 1.807) is 24.3 Å². The van der Waals surface area contributed by atoms with Crippen molar-refractivity contribution in [3.8, 4) is 11.5 Å². The molecule has 2 N–H and O–H groups in total. The van der Waals surface area contributed by atoms with Crippen LogP contribution in [0.3, 0.4) is 0 Å². The van der Waals surface area contributed by atoms with Gasteiger partial charge in [-0.3, -0.25) is 4.79 Å². The van der Waals surface area contributed by atoms with E-state index in [-0.39, 0.29) is 11.7 Å². The number of nitrogens with one attached hydrogen (secondary N) is 1. The Balaban J connectivity index is 2.56. The molecule has 0 aliphatic carbocycles. The lowest BCUT2D eigenvalue weighted by Crippen LogP contribution is -2.21. The minimum absolute atomic E-state index is 0.0611. The summed E-state index contributed by atoms with van der Waals surface area (Å²) < 4.78 is 4.94. The standard InChI is InChI=1S/C14H19NO3/c1-3-4-9-15-14(17)8-6-11-5-7-13(18-2)12(16)10-11/h5-8,10,16H,3-4,9H2,1-2H3,(H,15,17). The predicted octanol–water partition coefficient (Wildman–Crippen LogP) is 2.33. The number of unbranched alkanes of at least 4 members (excludes halogenated alkanes) is 1. The van der Waals surface area contributed by atoms with E-state index in [0.717, 1.165) is 18.4 Å². The van der Waals surface area contributed by atoms with Crippen LogP contribution in [0.1, 0.15) is 25.3 Å². The highest BCUT2D eigenvalue weighted by atomic mass is 16.5. The summed E-state index contributed by atoms with van der Waals surface area (Å²) in [6.45, 7) is 2.76. The molecule has 0 unspecified atom stereocenters. The van der Waals surface area contributed by atoms with Gasteiger partial charge in [-0.1, -0.05) is 19.4 Å². The number of amides is 1.